The standard InChI is InChI=1S/C13H13ClFN3/c1-9-3-2-4-10(7-9)5-6-16-12-11(15)8-17-13(14)18-12/h2-4,7-8H,5-6H2,1H3,(H,16,17,18). The highest BCUT2D eigenvalue weighted by molar-refractivity contribution is 6.28. The molecule has 2 rings (SSSR count). The number of hydrogen-bond acceptors (Lipinski definition) is 3. The van der Waals surface area contributed by atoms with Crippen LogP contribution in [-0.4, -0.2) is 16.5 Å². The summed E-state index contributed by atoms with van der Waals surface area (Å²) in [6, 6.07) is 8.19. The molecular formula is C13H13ClFN3. The van der Waals surface area contributed by atoms with Crippen molar-refractivity contribution >= 4 is 17.4 Å². The van der Waals surface area contributed by atoms with Gasteiger partial charge >= 0.3 is 0 Å². The second kappa shape index (κ2) is 5.78. The van der Waals surface area contributed by atoms with E-state index in [-0.39, 0.29) is 11.1 Å². The summed E-state index contributed by atoms with van der Waals surface area (Å²) in [5.74, 6) is -0.355. The van der Waals surface area contributed by atoms with Gasteiger partial charge in [0.15, 0.2) is 11.6 Å². The lowest BCUT2D eigenvalue weighted by molar-refractivity contribution is 0.616. The van der Waals surface area contributed by atoms with Gasteiger partial charge < -0.3 is 5.32 Å². The SMILES string of the molecule is Cc1cccc(CCNc2nc(Cl)ncc2F)c1. The third-order valence-corrected chi connectivity index (χ3v) is 2.69. The van der Waals surface area contributed by atoms with Gasteiger partial charge in [-0.05, 0) is 30.5 Å². The summed E-state index contributed by atoms with van der Waals surface area (Å²) in [6.45, 7) is 2.63. The molecule has 94 valence electrons. The second-order valence-electron chi connectivity index (χ2n) is 4.00. The van der Waals surface area contributed by atoms with Crippen LogP contribution in [0.4, 0.5) is 10.2 Å². The van der Waals surface area contributed by atoms with Crippen molar-refractivity contribution in [2.75, 3.05) is 11.9 Å². The van der Waals surface area contributed by atoms with E-state index in [1.165, 1.54) is 11.1 Å². The molecule has 1 aromatic heterocycles. The fourth-order valence-electron chi connectivity index (χ4n) is 1.66. The number of rotatable bonds is 4. The van der Waals surface area contributed by atoms with Crippen LogP contribution in [-0.2, 0) is 6.42 Å². The minimum absolute atomic E-state index is 0.0365. The Morgan fingerprint density at radius 2 is 2.22 bits per heavy atom. The van der Waals surface area contributed by atoms with Gasteiger partial charge in [-0.25, -0.2) is 9.37 Å². The highest BCUT2D eigenvalue weighted by Gasteiger charge is 2.04. The Hall–Kier alpha value is -1.68. The van der Waals surface area contributed by atoms with Gasteiger partial charge in [-0.1, -0.05) is 29.8 Å². The van der Waals surface area contributed by atoms with Crippen LogP contribution < -0.4 is 5.32 Å². The van der Waals surface area contributed by atoms with Gasteiger partial charge in [-0.2, -0.15) is 4.98 Å². The zero-order valence-corrected chi connectivity index (χ0v) is 10.7. The van der Waals surface area contributed by atoms with Crippen molar-refractivity contribution in [3.8, 4) is 0 Å². The molecule has 0 aliphatic heterocycles. The zero-order chi connectivity index (χ0) is 13.0. The van der Waals surface area contributed by atoms with Gasteiger partial charge in [0, 0.05) is 6.54 Å². The maximum absolute atomic E-state index is 13.3. The minimum atomic E-state index is -0.497. The molecule has 3 nitrogen and oxygen atoms in total. The predicted molar refractivity (Wildman–Crippen MR) is 70.4 cm³/mol. The van der Waals surface area contributed by atoms with E-state index in [0.29, 0.717) is 6.54 Å². The number of aromatic nitrogens is 2. The van der Waals surface area contributed by atoms with Crippen LogP contribution in [0.2, 0.25) is 5.28 Å². The van der Waals surface area contributed by atoms with E-state index in [4.69, 9.17) is 11.6 Å². The van der Waals surface area contributed by atoms with Gasteiger partial charge in [0.25, 0.3) is 0 Å². The predicted octanol–water partition coefficient (Wildman–Crippen LogP) is 3.23. The lowest BCUT2D eigenvalue weighted by Crippen LogP contribution is -2.08. The van der Waals surface area contributed by atoms with Crippen molar-refractivity contribution in [1.82, 2.24) is 9.97 Å². The lowest BCUT2D eigenvalue weighted by atomic mass is 10.1. The second-order valence-corrected chi connectivity index (χ2v) is 4.34. The summed E-state index contributed by atoms with van der Waals surface area (Å²) < 4.78 is 13.3. The van der Waals surface area contributed by atoms with Crippen molar-refractivity contribution in [2.45, 2.75) is 13.3 Å². The first-order valence-electron chi connectivity index (χ1n) is 5.62. The van der Waals surface area contributed by atoms with Crippen LogP contribution in [0.25, 0.3) is 0 Å². The first-order valence-corrected chi connectivity index (χ1v) is 6.00. The molecule has 0 saturated carbocycles. The normalized spacial score (nSPS) is 10.4. The van der Waals surface area contributed by atoms with E-state index in [9.17, 15) is 4.39 Å². The molecule has 0 amide bonds. The van der Waals surface area contributed by atoms with Crippen LogP contribution in [0.5, 0.6) is 0 Å². The maximum atomic E-state index is 13.3. The van der Waals surface area contributed by atoms with Crippen LogP contribution in [0.15, 0.2) is 30.5 Å². The van der Waals surface area contributed by atoms with E-state index >= 15 is 0 Å². The molecule has 1 heterocycles. The molecule has 0 bridgehead atoms. The molecule has 0 spiro atoms. The van der Waals surface area contributed by atoms with Crippen LogP contribution in [0.3, 0.4) is 0 Å². The summed E-state index contributed by atoms with van der Waals surface area (Å²) in [6.07, 6.45) is 1.85. The Balaban J connectivity index is 1.94. The first kappa shape index (κ1) is 12.8. The summed E-state index contributed by atoms with van der Waals surface area (Å²) in [4.78, 5) is 7.35. The van der Waals surface area contributed by atoms with Crippen LogP contribution in [0.1, 0.15) is 11.1 Å². The molecule has 18 heavy (non-hydrogen) atoms. The summed E-state index contributed by atoms with van der Waals surface area (Å²) >= 11 is 5.60. The quantitative estimate of drug-likeness (QED) is 0.863. The average molecular weight is 266 g/mol. The largest absolute Gasteiger partial charge is 0.367 e. The van der Waals surface area contributed by atoms with Crippen molar-refractivity contribution in [2.24, 2.45) is 0 Å². The first-order chi connectivity index (χ1) is 8.65. The molecular weight excluding hydrogens is 253 g/mol. The molecule has 0 aliphatic carbocycles. The van der Waals surface area contributed by atoms with E-state index in [0.717, 1.165) is 12.6 Å². The van der Waals surface area contributed by atoms with E-state index in [2.05, 4.69) is 21.4 Å². The van der Waals surface area contributed by atoms with E-state index in [1.54, 1.807) is 0 Å². The molecule has 0 unspecified atom stereocenters. The van der Waals surface area contributed by atoms with Gasteiger partial charge in [-0.15, -0.1) is 0 Å². The molecule has 1 aromatic carbocycles. The fraction of sp³-hybridized carbons (Fsp3) is 0.231. The summed E-state index contributed by atoms with van der Waals surface area (Å²) in [7, 11) is 0. The topological polar surface area (TPSA) is 37.8 Å². The number of anilines is 1. The molecule has 0 aliphatic rings. The molecule has 0 radical (unpaired) electrons. The molecule has 5 heteroatoms. The van der Waals surface area contributed by atoms with Gasteiger partial charge in [0.05, 0.1) is 6.20 Å². The van der Waals surface area contributed by atoms with Gasteiger partial charge in [-0.3, -0.25) is 0 Å². The molecule has 0 atom stereocenters. The smallest absolute Gasteiger partial charge is 0.224 e. The summed E-state index contributed by atoms with van der Waals surface area (Å²) in [5, 5.41) is 2.95. The fourth-order valence-corrected chi connectivity index (χ4v) is 1.80. The number of hydrogen-bond donors (Lipinski definition) is 1. The van der Waals surface area contributed by atoms with Crippen LogP contribution in [0, 0.1) is 12.7 Å². The number of aryl methyl sites for hydroxylation is 1. The Labute approximate surface area is 110 Å². The number of halogens is 2. The average Bonchev–Trinajstić information content (AvgIpc) is 2.34. The number of nitrogens with one attached hydrogen (secondary N) is 1. The van der Waals surface area contributed by atoms with Crippen molar-refractivity contribution in [3.05, 3.63) is 52.7 Å². The summed E-state index contributed by atoms with van der Waals surface area (Å²) in [5.41, 5.74) is 2.41. The molecule has 2 aromatic rings. The Kier molecular flexibility index (Phi) is 4.10. The highest BCUT2D eigenvalue weighted by Crippen LogP contribution is 2.12. The van der Waals surface area contributed by atoms with Crippen LogP contribution >= 0.6 is 11.6 Å². The zero-order valence-electron chi connectivity index (χ0n) is 9.95. The van der Waals surface area contributed by atoms with E-state index < -0.39 is 5.82 Å². The molecule has 0 saturated heterocycles. The monoisotopic (exact) mass is 265 g/mol. The highest BCUT2D eigenvalue weighted by atomic mass is 35.5. The molecule has 1 N–H and O–H groups in total. The van der Waals surface area contributed by atoms with Gasteiger partial charge in [0.1, 0.15) is 0 Å². The van der Waals surface area contributed by atoms with Gasteiger partial charge in [0.2, 0.25) is 5.28 Å². The third-order valence-electron chi connectivity index (χ3n) is 2.50. The minimum Gasteiger partial charge on any atom is -0.367 e. The Morgan fingerprint density at radius 1 is 1.39 bits per heavy atom. The van der Waals surface area contributed by atoms with Crippen molar-refractivity contribution in [3.63, 3.8) is 0 Å². The molecule has 0 fully saturated rings. The Morgan fingerprint density at radius 3 is 3.00 bits per heavy atom. The van der Waals surface area contributed by atoms with E-state index in [1.807, 2.05) is 25.1 Å². The maximum Gasteiger partial charge on any atom is 0.224 e. The third kappa shape index (κ3) is 3.40. The number of benzene rings is 1. The van der Waals surface area contributed by atoms with Crippen molar-refractivity contribution in [1.29, 1.82) is 0 Å². The lowest BCUT2D eigenvalue weighted by Gasteiger charge is -2.07. The Bertz CT molecular complexity index is 546. The number of nitrogens with zero attached hydrogens (tertiary/aromatic N) is 2. The van der Waals surface area contributed by atoms with Crippen molar-refractivity contribution < 1.29 is 4.39 Å².